The Labute approximate surface area is 204 Å². The van der Waals surface area contributed by atoms with Crippen molar-refractivity contribution in [1.29, 1.82) is 0 Å². The summed E-state index contributed by atoms with van der Waals surface area (Å²) in [6.07, 6.45) is 2.59. The molecule has 3 aromatic carbocycles. The number of phenolic OH excluding ortho intramolecular Hbond substituents is 1. The molecule has 3 aromatic rings. The van der Waals surface area contributed by atoms with Crippen molar-refractivity contribution < 1.29 is 33.6 Å². The minimum absolute atomic E-state index is 0.0178. The van der Waals surface area contributed by atoms with Crippen LogP contribution >= 0.6 is 0 Å². The first-order valence-corrected chi connectivity index (χ1v) is 11.7. The van der Waals surface area contributed by atoms with E-state index in [9.17, 15) is 14.3 Å². The summed E-state index contributed by atoms with van der Waals surface area (Å²) < 4.78 is 30.3. The van der Waals surface area contributed by atoms with Crippen LogP contribution in [0.4, 0.5) is 4.39 Å². The SMILES string of the molecule is CCc1cc(-c2ccc(F)cc2)c(O)cc1OCCCCOc1ccc(OC)cc1CCC(=O)O. The second kappa shape index (κ2) is 12.6. The van der Waals surface area contributed by atoms with E-state index in [2.05, 4.69) is 0 Å². The quantitative estimate of drug-likeness (QED) is 0.290. The third kappa shape index (κ3) is 7.37. The van der Waals surface area contributed by atoms with Gasteiger partial charge in [-0.1, -0.05) is 19.1 Å². The van der Waals surface area contributed by atoms with Crippen LogP contribution < -0.4 is 14.2 Å². The van der Waals surface area contributed by atoms with Gasteiger partial charge < -0.3 is 24.4 Å². The van der Waals surface area contributed by atoms with Crippen LogP contribution in [0.15, 0.2) is 54.6 Å². The van der Waals surface area contributed by atoms with Crippen LogP contribution in [0.5, 0.6) is 23.0 Å². The molecule has 0 fully saturated rings. The average molecular weight is 483 g/mol. The zero-order valence-electron chi connectivity index (χ0n) is 20.1. The predicted octanol–water partition coefficient (Wildman–Crippen LogP) is 6.02. The van der Waals surface area contributed by atoms with Gasteiger partial charge in [-0.05, 0) is 78.8 Å². The highest BCUT2D eigenvalue weighted by atomic mass is 19.1. The third-order valence-electron chi connectivity index (χ3n) is 5.64. The fourth-order valence-corrected chi connectivity index (χ4v) is 3.71. The molecule has 0 aromatic heterocycles. The summed E-state index contributed by atoms with van der Waals surface area (Å²) in [5.74, 6) is 0.841. The van der Waals surface area contributed by atoms with Gasteiger partial charge in [0.25, 0.3) is 0 Å². The Balaban J connectivity index is 1.53. The van der Waals surface area contributed by atoms with E-state index in [1.54, 1.807) is 43.5 Å². The molecule has 7 heteroatoms. The van der Waals surface area contributed by atoms with Crippen molar-refractivity contribution in [2.45, 2.75) is 39.0 Å². The maximum Gasteiger partial charge on any atom is 0.303 e. The van der Waals surface area contributed by atoms with Crippen molar-refractivity contribution in [1.82, 2.24) is 0 Å². The smallest absolute Gasteiger partial charge is 0.303 e. The standard InChI is InChI=1S/C28H31FO6/c1-3-19-17-24(20-6-9-22(29)10-7-20)25(30)18-27(19)35-15-5-4-14-34-26-12-11-23(33-2)16-21(26)8-13-28(31)32/h6-7,9-12,16-18,30H,3-5,8,13-15H2,1-2H3,(H,31,32). The Morgan fingerprint density at radius 3 is 2.23 bits per heavy atom. The summed E-state index contributed by atoms with van der Waals surface area (Å²) in [5.41, 5.74) is 3.14. The highest BCUT2D eigenvalue weighted by molar-refractivity contribution is 5.72. The Morgan fingerprint density at radius 2 is 1.60 bits per heavy atom. The van der Waals surface area contributed by atoms with Crippen LogP contribution in [-0.4, -0.2) is 36.5 Å². The van der Waals surface area contributed by atoms with Crippen LogP contribution in [0.25, 0.3) is 11.1 Å². The lowest BCUT2D eigenvalue weighted by molar-refractivity contribution is -0.136. The van der Waals surface area contributed by atoms with Crippen molar-refractivity contribution in [2.75, 3.05) is 20.3 Å². The number of aliphatic carboxylic acids is 1. The maximum absolute atomic E-state index is 13.2. The number of aryl methyl sites for hydroxylation is 2. The van der Waals surface area contributed by atoms with Gasteiger partial charge in [0.1, 0.15) is 28.8 Å². The Bertz CT molecular complexity index is 1130. The average Bonchev–Trinajstić information content (AvgIpc) is 2.85. The first-order chi connectivity index (χ1) is 16.9. The van der Waals surface area contributed by atoms with Crippen molar-refractivity contribution in [3.05, 3.63) is 71.5 Å². The predicted molar refractivity (Wildman–Crippen MR) is 132 cm³/mol. The number of methoxy groups -OCH3 is 1. The van der Waals surface area contributed by atoms with Crippen molar-refractivity contribution in [2.24, 2.45) is 0 Å². The fourth-order valence-electron chi connectivity index (χ4n) is 3.71. The molecule has 0 heterocycles. The molecule has 0 radical (unpaired) electrons. The number of halogens is 1. The summed E-state index contributed by atoms with van der Waals surface area (Å²) in [7, 11) is 1.57. The Hall–Kier alpha value is -3.74. The number of unbranched alkanes of at least 4 members (excludes halogenated alkanes) is 1. The number of aromatic hydroxyl groups is 1. The molecule has 0 aliphatic heterocycles. The van der Waals surface area contributed by atoms with Gasteiger partial charge in [-0.25, -0.2) is 4.39 Å². The fraction of sp³-hybridized carbons (Fsp3) is 0.321. The third-order valence-corrected chi connectivity index (χ3v) is 5.64. The lowest BCUT2D eigenvalue weighted by Gasteiger charge is -2.15. The van der Waals surface area contributed by atoms with Crippen LogP contribution in [0.2, 0.25) is 0 Å². The molecule has 0 unspecified atom stereocenters. The van der Waals surface area contributed by atoms with Crippen LogP contribution in [0.3, 0.4) is 0 Å². The lowest BCUT2D eigenvalue weighted by Crippen LogP contribution is -2.06. The zero-order chi connectivity index (χ0) is 25.2. The van der Waals surface area contributed by atoms with E-state index < -0.39 is 5.97 Å². The number of hydrogen-bond donors (Lipinski definition) is 2. The van der Waals surface area contributed by atoms with E-state index in [0.717, 1.165) is 36.0 Å². The summed E-state index contributed by atoms with van der Waals surface area (Å²) in [4.78, 5) is 10.9. The van der Waals surface area contributed by atoms with E-state index in [0.29, 0.717) is 42.4 Å². The van der Waals surface area contributed by atoms with E-state index in [1.807, 2.05) is 13.0 Å². The minimum Gasteiger partial charge on any atom is -0.507 e. The zero-order valence-corrected chi connectivity index (χ0v) is 20.1. The molecule has 0 amide bonds. The first-order valence-electron chi connectivity index (χ1n) is 11.7. The van der Waals surface area contributed by atoms with Crippen LogP contribution in [0, 0.1) is 5.82 Å². The number of carboxylic acids is 1. The van der Waals surface area contributed by atoms with E-state index in [-0.39, 0.29) is 18.0 Å². The molecule has 0 saturated carbocycles. The summed E-state index contributed by atoms with van der Waals surface area (Å²) in [5, 5.41) is 19.5. The van der Waals surface area contributed by atoms with Gasteiger partial charge in [0.15, 0.2) is 0 Å². The normalized spacial score (nSPS) is 10.7. The highest BCUT2D eigenvalue weighted by Gasteiger charge is 2.12. The topological polar surface area (TPSA) is 85.2 Å². The van der Waals surface area contributed by atoms with E-state index in [4.69, 9.17) is 19.3 Å². The van der Waals surface area contributed by atoms with Gasteiger partial charge in [0.2, 0.25) is 0 Å². The van der Waals surface area contributed by atoms with Gasteiger partial charge >= 0.3 is 5.97 Å². The van der Waals surface area contributed by atoms with Gasteiger partial charge in [-0.2, -0.15) is 0 Å². The highest BCUT2D eigenvalue weighted by Crippen LogP contribution is 2.36. The second-order valence-corrected chi connectivity index (χ2v) is 8.11. The van der Waals surface area contributed by atoms with Gasteiger partial charge in [0.05, 0.1) is 20.3 Å². The molecule has 3 rings (SSSR count). The van der Waals surface area contributed by atoms with E-state index >= 15 is 0 Å². The molecule has 0 spiro atoms. The molecule has 0 aliphatic rings. The molecule has 35 heavy (non-hydrogen) atoms. The first kappa shape index (κ1) is 25.9. The number of rotatable bonds is 13. The Morgan fingerprint density at radius 1 is 0.914 bits per heavy atom. The van der Waals surface area contributed by atoms with Crippen LogP contribution in [-0.2, 0) is 17.6 Å². The Kier molecular flexibility index (Phi) is 9.35. The van der Waals surface area contributed by atoms with E-state index in [1.165, 1.54) is 12.1 Å². The molecule has 6 nitrogen and oxygen atoms in total. The van der Waals surface area contributed by atoms with Gasteiger partial charge in [-0.15, -0.1) is 0 Å². The molecule has 0 bridgehead atoms. The molecule has 0 atom stereocenters. The summed E-state index contributed by atoms with van der Waals surface area (Å²) >= 11 is 0. The molecule has 0 saturated heterocycles. The largest absolute Gasteiger partial charge is 0.507 e. The number of hydrogen-bond acceptors (Lipinski definition) is 5. The number of ether oxygens (including phenoxy) is 3. The number of benzene rings is 3. The molecule has 0 aliphatic carbocycles. The number of carboxylic acid groups (broad SMARTS) is 1. The minimum atomic E-state index is -0.862. The molecule has 186 valence electrons. The van der Waals surface area contributed by atoms with Crippen LogP contribution in [0.1, 0.15) is 37.3 Å². The van der Waals surface area contributed by atoms with Gasteiger partial charge in [0, 0.05) is 18.1 Å². The van der Waals surface area contributed by atoms with Crippen molar-refractivity contribution in [3.63, 3.8) is 0 Å². The summed E-state index contributed by atoms with van der Waals surface area (Å²) in [6.45, 7) is 2.93. The monoisotopic (exact) mass is 482 g/mol. The van der Waals surface area contributed by atoms with Crippen molar-refractivity contribution >= 4 is 5.97 Å². The van der Waals surface area contributed by atoms with Gasteiger partial charge in [-0.3, -0.25) is 4.79 Å². The number of carbonyl (C=O) groups is 1. The van der Waals surface area contributed by atoms with Crippen molar-refractivity contribution in [3.8, 4) is 34.1 Å². The molecule has 2 N–H and O–H groups in total. The maximum atomic E-state index is 13.2. The lowest BCUT2D eigenvalue weighted by atomic mass is 10.00. The molecular weight excluding hydrogens is 451 g/mol. The molecular formula is C28H31FO6. The summed E-state index contributed by atoms with van der Waals surface area (Å²) in [6, 6.07) is 14.9. The number of phenols is 1. The second-order valence-electron chi connectivity index (χ2n) is 8.11.